The number of anilines is 1. The minimum Gasteiger partial charge on any atom is -0.341 e. The average molecular weight is 381 g/mol. The number of rotatable bonds is 7. The van der Waals surface area contributed by atoms with Crippen molar-refractivity contribution in [2.75, 3.05) is 24.5 Å². The topological polar surface area (TPSA) is 90.4 Å². The van der Waals surface area contributed by atoms with Crippen LogP contribution in [-0.2, 0) is 0 Å². The summed E-state index contributed by atoms with van der Waals surface area (Å²) in [7, 11) is 0. The van der Waals surface area contributed by atoms with Crippen LogP contribution in [0.25, 0.3) is 6.08 Å². The molecular formula is C21H27N5O2. The van der Waals surface area contributed by atoms with Gasteiger partial charge >= 0.3 is 0 Å². The minimum absolute atomic E-state index is 0.239. The molecule has 28 heavy (non-hydrogen) atoms. The second-order valence-electron chi connectivity index (χ2n) is 7.11. The summed E-state index contributed by atoms with van der Waals surface area (Å²) in [4.78, 5) is 22.0. The lowest BCUT2D eigenvalue weighted by atomic mass is 9.96. The first-order valence-corrected chi connectivity index (χ1v) is 9.64. The predicted octanol–water partition coefficient (Wildman–Crippen LogP) is 2.50. The lowest BCUT2D eigenvalue weighted by molar-refractivity contribution is 0.0705. The molecule has 0 saturated carbocycles. The van der Waals surface area contributed by atoms with Gasteiger partial charge in [0.2, 0.25) is 5.95 Å². The summed E-state index contributed by atoms with van der Waals surface area (Å²) in [5.74, 6) is 0.648. The normalized spacial score (nSPS) is 16.3. The van der Waals surface area contributed by atoms with Gasteiger partial charge in [-0.25, -0.2) is 15.4 Å². The fraction of sp³-hybridized carbons (Fsp3) is 0.381. The van der Waals surface area contributed by atoms with Crippen LogP contribution in [-0.4, -0.2) is 46.8 Å². The van der Waals surface area contributed by atoms with E-state index in [1.54, 1.807) is 5.48 Å². The van der Waals surface area contributed by atoms with Crippen molar-refractivity contribution in [1.29, 1.82) is 0 Å². The molecule has 1 unspecified atom stereocenters. The van der Waals surface area contributed by atoms with Gasteiger partial charge in [-0.1, -0.05) is 42.5 Å². The summed E-state index contributed by atoms with van der Waals surface area (Å²) >= 11 is 0. The molecule has 1 saturated heterocycles. The van der Waals surface area contributed by atoms with Crippen LogP contribution in [0.2, 0.25) is 0 Å². The fourth-order valence-electron chi connectivity index (χ4n) is 3.24. The highest BCUT2D eigenvalue weighted by Crippen LogP contribution is 2.20. The molecule has 1 atom stereocenters. The molecule has 3 N–H and O–H groups in total. The number of hydrogen-bond acceptors (Lipinski definition) is 6. The highest BCUT2D eigenvalue weighted by Gasteiger charge is 2.21. The number of benzene rings is 1. The molecule has 0 radical (unpaired) electrons. The van der Waals surface area contributed by atoms with E-state index in [0.717, 1.165) is 32.5 Å². The zero-order valence-corrected chi connectivity index (χ0v) is 16.1. The Morgan fingerprint density at radius 1 is 1.25 bits per heavy atom. The Morgan fingerprint density at radius 2 is 1.93 bits per heavy atom. The summed E-state index contributed by atoms with van der Waals surface area (Å²) < 4.78 is 0. The number of nitrogens with zero attached hydrogens (tertiary/aromatic N) is 3. The third-order valence-electron chi connectivity index (χ3n) is 5.00. The largest absolute Gasteiger partial charge is 0.341 e. The molecule has 0 spiro atoms. The molecule has 2 aromatic rings. The molecule has 1 aliphatic heterocycles. The van der Waals surface area contributed by atoms with Crippen LogP contribution < -0.4 is 15.7 Å². The number of amides is 1. The molecular weight excluding hydrogens is 354 g/mol. The van der Waals surface area contributed by atoms with Gasteiger partial charge < -0.3 is 10.2 Å². The molecule has 0 bridgehead atoms. The fourth-order valence-corrected chi connectivity index (χ4v) is 3.24. The molecule has 148 valence electrons. The lowest BCUT2D eigenvalue weighted by Gasteiger charge is -2.32. The van der Waals surface area contributed by atoms with Crippen molar-refractivity contribution < 1.29 is 10.0 Å². The maximum Gasteiger partial charge on any atom is 0.277 e. The minimum atomic E-state index is -0.605. The van der Waals surface area contributed by atoms with Gasteiger partial charge in [0.15, 0.2) is 0 Å². The first-order chi connectivity index (χ1) is 13.7. The van der Waals surface area contributed by atoms with E-state index in [0.29, 0.717) is 17.9 Å². The highest BCUT2D eigenvalue weighted by atomic mass is 16.5. The van der Waals surface area contributed by atoms with Crippen LogP contribution in [0.15, 0.2) is 48.8 Å². The zero-order valence-electron chi connectivity index (χ0n) is 16.1. The number of carbonyl (C=O) groups is 1. The smallest absolute Gasteiger partial charge is 0.277 e. The van der Waals surface area contributed by atoms with Crippen molar-refractivity contribution in [3.05, 3.63) is 59.9 Å². The van der Waals surface area contributed by atoms with Crippen LogP contribution >= 0.6 is 0 Å². The molecule has 3 rings (SSSR count). The monoisotopic (exact) mass is 381 g/mol. The van der Waals surface area contributed by atoms with Crippen molar-refractivity contribution in [1.82, 2.24) is 20.8 Å². The number of carbonyl (C=O) groups excluding carboxylic acids is 1. The van der Waals surface area contributed by atoms with Gasteiger partial charge in [-0.2, -0.15) is 0 Å². The van der Waals surface area contributed by atoms with E-state index in [-0.39, 0.29) is 5.56 Å². The second-order valence-corrected chi connectivity index (χ2v) is 7.11. The van der Waals surface area contributed by atoms with Gasteiger partial charge in [-0.3, -0.25) is 10.0 Å². The van der Waals surface area contributed by atoms with Gasteiger partial charge in [0.05, 0.1) is 5.56 Å². The third-order valence-corrected chi connectivity index (χ3v) is 5.00. The molecule has 1 amide bonds. The molecule has 1 fully saturated rings. The standard InChI is InChI=1S/C21H27N5O2/c1-16(7-8-17-5-3-2-4-6-17)22-13-18-9-11-26(12-10-18)21-23-14-19(15-24-21)20(27)25-28/h2-8,14-16,18,22,28H,9-13H2,1H3,(H,25,27). The van der Waals surface area contributed by atoms with Gasteiger partial charge in [-0.15, -0.1) is 0 Å². The Hall–Kier alpha value is -2.77. The summed E-state index contributed by atoms with van der Waals surface area (Å²) in [5, 5.41) is 12.2. The van der Waals surface area contributed by atoms with E-state index < -0.39 is 5.91 Å². The predicted molar refractivity (Wildman–Crippen MR) is 109 cm³/mol. The van der Waals surface area contributed by atoms with Crippen molar-refractivity contribution >= 4 is 17.9 Å². The van der Waals surface area contributed by atoms with Gasteiger partial charge in [-0.05, 0) is 37.8 Å². The molecule has 1 aromatic carbocycles. The van der Waals surface area contributed by atoms with Gasteiger partial charge in [0, 0.05) is 31.5 Å². The van der Waals surface area contributed by atoms with Crippen LogP contribution in [0.3, 0.4) is 0 Å². The first kappa shape index (κ1) is 20.0. The van der Waals surface area contributed by atoms with Crippen LogP contribution in [0.5, 0.6) is 0 Å². The van der Waals surface area contributed by atoms with Crippen molar-refractivity contribution in [3.63, 3.8) is 0 Å². The van der Waals surface area contributed by atoms with E-state index >= 15 is 0 Å². The summed E-state index contributed by atoms with van der Waals surface area (Å²) in [6.45, 7) is 4.95. The second kappa shape index (κ2) is 9.96. The van der Waals surface area contributed by atoms with Crippen LogP contribution in [0, 0.1) is 5.92 Å². The number of aromatic nitrogens is 2. The van der Waals surface area contributed by atoms with E-state index in [2.05, 4.69) is 51.4 Å². The van der Waals surface area contributed by atoms with Gasteiger partial charge in [0.25, 0.3) is 5.91 Å². The Kier molecular flexibility index (Phi) is 7.11. The Morgan fingerprint density at radius 3 is 2.57 bits per heavy atom. The van der Waals surface area contributed by atoms with Crippen molar-refractivity contribution in [2.45, 2.75) is 25.8 Å². The Balaban J connectivity index is 1.41. The molecule has 2 heterocycles. The first-order valence-electron chi connectivity index (χ1n) is 9.64. The van der Waals surface area contributed by atoms with E-state index in [4.69, 9.17) is 5.21 Å². The number of hydroxylamine groups is 1. The maximum absolute atomic E-state index is 11.3. The van der Waals surface area contributed by atoms with Gasteiger partial charge in [0.1, 0.15) is 0 Å². The van der Waals surface area contributed by atoms with Crippen LogP contribution in [0.4, 0.5) is 5.95 Å². The van der Waals surface area contributed by atoms with E-state index in [9.17, 15) is 4.79 Å². The van der Waals surface area contributed by atoms with E-state index in [1.807, 2.05) is 18.2 Å². The average Bonchev–Trinajstić information content (AvgIpc) is 2.77. The molecule has 1 aliphatic rings. The third kappa shape index (κ3) is 5.61. The van der Waals surface area contributed by atoms with Crippen LogP contribution in [0.1, 0.15) is 35.7 Å². The maximum atomic E-state index is 11.3. The Labute approximate surface area is 165 Å². The number of nitrogens with one attached hydrogen (secondary N) is 2. The van der Waals surface area contributed by atoms with Crippen molar-refractivity contribution in [2.24, 2.45) is 5.92 Å². The molecule has 7 nitrogen and oxygen atoms in total. The number of piperidine rings is 1. The Bertz CT molecular complexity index is 771. The number of hydrogen-bond donors (Lipinski definition) is 3. The van der Waals surface area contributed by atoms with E-state index in [1.165, 1.54) is 18.0 Å². The molecule has 7 heteroatoms. The quantitative estimate of drug-likeness (QED) is 0.504. The summed E-state index contributed by atoms with van der Waals surface area (Å²) in [6.07, 6.45) is 9.36. The molecule has 1 aromatic heterocycles. The summed E-state index contributed by atoms with van der Waals surface area (Å²) in [5.41, 5.74) is 3.04. The SMILES string of the molecule is CC(C=Cc1ccccc1)NCC1CCN(c2ncc(C(=O)NO)cn2)CC1. The molecule has 0 aliphatic carbocycles. The highest BCUT2D eigenvalue weighted by molar-refractivity contribution is 5.92. The van der Waals surface area contributed by atoms with Crippen molar-refractivity contribution in [3.8, 4) is 0 Å². The zero-order chi connectivity index (χ0) is 19.8. The summed E-state index contributed by atoms with van der Waals surface area (Å²) in [6, 6.07) is 10.6. The lowest BCUT2D eigenvalue weighted by Crippen LogP contribution is -2.39.